The number of methoxy groups -OCH3 is 1. The van der Waals surface area contributed by atoms with Crippen molar-refractivity contribution in [3.63, 3.8) is 0 Å². The summed E-state index contributed by atoms with van der Waals surface area (Å²) < 4.78 is 6.90. The van der Waals surface area contributed by atoms with E-state index < -0.39 is 0 Å². The topological polar surface area (TPSA) is 52.1 Å². The number of rotatable bonds is 6. The van der Waals surface area contributed by atoms with Gasteiger partial charge in [-0.15, -0.1) is 0 Å². The monoisotopic (exact) mass is 324 g/mol. The van der Waals surface area contributed by atoms with Gasteiger partial charge in [0, 0.05) is 0 Å². The number of ether oxygens (including phenoxy) is 1. The molecule has 2 rings (SSSR count). The molecule has 1 aromatic carbocycles. The van der Waals surface area contributed by atoms with E-state index in [1.807, 2.05) is 18.2 Å². The average molecular weight is 323 g/mol. The number of hydrogen-bond donors (Lipinski definition) is 0. The molecule has 0 N–H and O–H groups in total. The number of nitrogens with zero attached hydrogens (tertiary/aromatic N) is 2. The third kappa shape index (κ3) is 4.62. The molecule has 2 aromatic rings. The van der Waals surface area contributed by atoms with Crippen LogP contribution in [0.15, 0.2) is 30.3 Å². The van der Waals surface area contributed by atoms with Gasteiger partial charge in [-0.25, -0.2) is 0 Å². The second-order valence-corrected chi connectivity index (χ2v) is 6.59. The fourth-order valence-corrected chi connectivity index (χ4v) is 3.65. The number of carbonyl (C=O) groups is 1. The predicted octanol–water partition coefficient (Wildman–Crippen LogP) is 1.62. The van der Waals surface area contributed by atoms with Gasteiger partial charge in [-0.3, -0.25) is 0 Å². The molecular weight excluding hydrogens is 307 g/mol. The molecule has 0 saturated carbocycles. The fraction of sp³-hybridized carbons (Fsp3) is 0.357. The fourth-order valence-electron chi connectivity index (χ4n) is 1.72. The van der Waals surface area contributed by atoms with Crippen LogP contribution in [-0.2, 0) is 22.4 Å². The summed E-state index contributed by atoms with van der Waals surface area (Å²) in [5, 5.41) is 8.46. The van der Waals surface area contributed by atoms with Gasteiger partial charge in [0.2, 0.25) is 0 Å². The summed E-state index contributed by atoms with van der Waals surface area (Å²) in [6.07, 6.45) is 2.97. The Hall–Kier alpha value is -1.45. The van der Waals surface area contributed by atoms with Crippen molar-refractivity contribution in [2.24, 2.45) is 0 Å². The van der Waals surface area contributed by atoms with E-state index in [4.69, 9.17) is 0 Å². The van der Waals surface area contributed by atoms with Crippen molar-refractivity contribution in [2.45, 2.75) is 25.7 Å². The number of hydrogen-bond acceptors (Lipinski definition) is 4. The number of benzene rings is 1. The van der Waals surface area contributed by atoms with Gasteiger partial charge in [-0.05, 0) is 0 Å². The van der Waals surface area contributed by atoms with Gasteiger partial charge in [0.1, 0.15) is 0 Å². The first kappa shape index (κ1) is 14.0. The Bertz CT molecular complexity index is 525. The molecule has 0 saturated heterocycles. The van der Waals surface area contributed by atoms with Crippen LogP contribution in [0.25, 0.3) is 0 Å². The van der Waals surface area contributed by atoms with Crippen molar-refractivity contribution >= 4 is 20.5 Å². The van der Waals surface area contributed by atoms with Gasteiger partial charge in [0.25, 0.3) is 0 Å². The van der Waals surface area contributed by atoms with Gasteiger partial charge in [0.15, 0.2) is 0 Å². The van der Waals surface area contributed by atoms with Gasteiger partial charge in [-0.1, -0.05) is 0 Å². The second kappa shape index (κ2) is 7.22. The van der Waals surface area contributed by atoms with Gasteiger partial charge < -0.3 is 0 Å². The molecule has 5 heteroatoms. The van der Waals surface area contributed by atoms with Crippen LogP contribution in [0, 0.1) is 0 Å². The zero-order valence-corrected chi connectivity index (χ0v) is 12.5. The van der Waals surface area contributed by atoms with E-state index in [2.05, 4.69) is 27.1 Å². The standard InChI is InChI=1S/C14H16N2O2Se/c1-18-14(17)9-5-8-12-15-16-13(19-12)10-11-6-3-2-4-7-11/h2-4,6-7H,5,8-10H2,1H3. The van der Waals surface area contributed by atoms with E-state index in [0.717, 1.165) is 28.4 Å². The molecule has 100 valence electrons. The molecule has 0 aliphatic carbocycles. The molecule has 0 amide bonds. The Morgan fingerprint density at radius 1 is 1.21 bits per heavy atom. The Balaban J connectivity index is 1.84. The molecule has 0 unspecified atom stereocenters. The van der Waals surface area contributed by atoms with Crippen LogP contribution in [-0.4, -0.2) is 37.8 Å². The van der Waals surface area contributed by atoms with Crippen molar-refractivity contribution in [1.29, 1.82) is 0 Å². The van der Waals surface area contributed by atoms with Crippen molar-refractivity contribution in [3.05, 3.63) is 45.0 Å². The summed E-state index contributed by atoms with van der Waals surface area (Å²) in [7, 11) is 1.42. The molecular formula is C14H16N2O2Se. The second-order valence-electron chi connectivity index (χ2n) is 4.18. The first-order chi connectivity index (χ1) is 9.28. The number of esters is 1. The number of carbonyl (C=O) groups excluding carboxylic acids is 1. The molecule has 0 aliphatic heterocycles. The average Bonchev–Trinajstić information content (AvgIpc) is 2.87. The van der Waals surface area contributed by atoms with Crippen molar-refractivity contribution in [2.75, 3.05) is 7.11 Å². The maximum absolute atomic E-state index is 11.0. The van der Waals surface area contributed by atoms with Crippen LogP contribution in [0.3, 0.4) is 0 Å². The Morgan fingerprint density at radius 2 is 1.95 bits per heavy atom. The Morgan fingerprint density at radius 3 is 2.68 bits per heavy atom. The van der Waals surface area contributed by atoms with Crippen molar-refractivity contribution < 1.29 is 9.53 Å². The summed E-state index contributed by atoms with van der Waals surface area (Å²) in [4.78, 5) is 11.0. The van der Waals surface area contributed by atoms with Gasteiger partial charge in [-0.2, -0.15) is 0 Å². The number of aryl methyl sites for hydroxylation is 1. The molecule has 0 bridgehead atoms. The summed E-state index contributed by atoms with van der Waals surface area (Å²) in [6, 6.07) is 10.3. The van der Waals surface area contributed by atoms with Crippen LogP contribution in [0.1, 0.15) is 27.5 Å². The van der Waals surface area contributed by atoms with Crippen LogP contribution >= 0.6 is 0 Å². The quantitative estimate of drug-likeness (QED) is 0.599. The van der Waals surface area contributed by atoms with Crippen LogP contribution < -0.4 is 0 Å². The van der Waals surface area contributed by atoms with Crippen molar-refractivity contribution in [3.8, 4) is 0 Å². The van der Waals surface area contributed by atoms with E-state index in [-0.39, 0.29) is 20.5 Å². The van der Waals surface area contributed by atoms with E-state index in [0.29, 0.717) is 6.42 Å². The van der Waals surface area contributed by atoms with Gasteiger partial charge in [0.05, 0.1) is 0 Å². The molecule has 0 spiro atoms. The molecule has 1 aromatic heterocycles. The first-order valence-electron chi connectivity index (χ1n) is 6.20. The Kier molecular flexibility index (Phi) is 5.30. The minimum atomic E-state index is -0.156. The summed E-state index contributed by atoms with van der Waals surface area (Å²) >= 11 is 0.242. The molecule has 19 heavy (non-hydrogen) atoms. The normalized spacial score (nSPS) is 10.4. The zero-order chi connectivity index (χ0) is 13.5. The molecule has 4 nitrogen and oxygen atoms in total. The van der Waals surface area contributed by atoms with E-state index in [1.165, 1.54) is 12.7 Å². The zero-order valence-electron chi connectivity index (χ0n) is 10.8. The van der Waals surface area contributed by atoms with Crippen LogP contribution in [0.2, 0.25) is 0 Å². The molecule has 0 radical (unpaired) electrons. The van der Waals surface area contributed by atoms with Crippen LogP contribution in [0.5, 0.6) is 0 Å². The molecule has 0 aliphatic rings. The third-order valence-electron chi connectivity index (χ3n) is 2.71. The van der Waals surface area contributed by atoms with E-state index in [1.54, 1.807) is 0 Å². The van der Waals surface area contributed by atoms with E-state index in [9.17, 15) is 4.79 Å². The molecule has 0 fully saturated rings. The van der Waals surface area contributed by atoms with Crippen LogP contribution in [0.4, 0.5) is 0 Å². The summed E-state index contributed by atoms with van der Waals surface area (Å²) in [6.45, 7) is 0. The minimum absolute atomic E-state index is 0.156. The molecule has 1 heterocycles. The molecule has 0 atom stereocenters. The van der Waals surface area contributed by atoms with E-state index >= 15 is 0 Å². The summed E-state index contributed by atoms with van der Waals surface area (Å²) in [5.74, 6) is -0.156. The predicted molar refractivity (Wildman–Crippen MR) is 73.2 cm³/mol. The SMILES string of the molecule is COC(=O)CCCc1nnc(Cc2ccccc2)[se]1. The Labute approximate surface area is 118 Å². The van der Waals surface area contributed by atoms with Crippen molar-refractivity contribution in [1.82, 2.24) is 10.2 Å². The first-order valence-corrected chi connectivity index (χ1v) is 7.91. The third-order valence-corrected chi connectivity index (χ3v) is 4.77. The number of aromatic nitrogens is 2. The van der Waals surface area contributed by atoms with Gasteiger partial charge >= 0.3 is 118 Å². The summed E-state index contributed by atoms with van der Waals surface area (Å²) in [5.41, 5.74) is 1.27. The maximum atomic E-state index is 11.0.